The van der Waals surface area contributed by atoms with Gasteiger partial charge >= 0.3 is 5.97 Å². The zero-order valence-electron chi connectivity index (χ0n) is 12.9. The standard InChI is InChI=1S/C13H23N3O5S/c1-11-8-12(13(17)18)10-16(9-11)22(19,20)15(5-3-4-14)6-7-21-2/h11-12H,3,5-10H2,1-2H3,(H,17,18). The summed E-state index contributed by atoms with van der Waals surface area (Å²) in [5.41, 5.74) is 0. The quantitative estimate of drug-likeness (QED) is 0.676. The largest absolute Gasteiger partial charge is 0.481 e. The van der Waals surface area contributed by atoms with E-state index >= 15 is 0 Å². The van der Waals surface area contributed by atoms with Gasteiger partial charge in [0.15, 0.2) is 0 Å². The molecule has 0 saturated carbocycles. The lowest BCUT2D eigenvalue weighted by Gasteiger charge is -2.36. The average molecular weight is 333 g/mol. The normalized spacial score (nSPS) is 23.4. The first-order valence-corrected chi connectivity index (χ1v) is 8.56. The lowest BCUT2D eigenvalue weighted by Crippen LogP contribution is -2.52. The van der Waals surface area contributed by atoms with E-state index in [9.17, 15) is 13.2 Å². The van der Waals surface area contributed by atoms with Gasteiger partial charge < -0.3 is 9.84 Å². The molecule has 1 heterocycles. The molecule has 1 fully saturated rings. The number of carboxylic acid groups (broad SMARTS) is 1. The first-order chi connectivity index (χ1) is 10.3. The summed E-state index contributed by atoms with van der Waals surface area (Å²) in [7, 11) is -2.32. The first kappa shape index (κ1) is 18.8. The highest BCUT2D eigenvalue weighted by atomic mass is 32.2. The van der Waals surface area contributed by atoms with Crippen LogP contribution in [0.3, 0.4) is 0 Å². The fourth-order valence-corrected chi connectivity index (χ4v) is 4.31. The first-order valence-electron chi connectivity index (χ1n) is 7.16. The van der Waals surface area contributed by atoms with Gasteiger partial charge in [0.2, 0.25) is 0 Å². The zero-order chi connectivity index (χ0) is 16.8. The Kier molecular flexibility index (Phi) is 7.22. The lowest BCUT2D eigenvalue weighted by atomic mass is 9.92. The van der Waals surface area contributed by atoms with Crippen LogP contribution in [-0.2, 0) is 19.7 Å². The number of aliphatic carboxylic acids is 1. The van der Waals surface area contributed by atoms with E-state index in [0.717, 1.165) is 0 Å². The molecule has 1 saturated heterocycles. The molecule has 8 nitrogen and oxygen atoms in total. The molecule has 0 aromatic heterocycles. The van der Waals surface area contributed by atoms with Crippen molar-refractivity contribution in [2.75, 3.05) is 39.9 Å². The molecule has 0 spiro atoms. The Morgan fingerprint density at radius 3 is 2.68 bits per heavy atom. The van der Waals surface area contributed by atoms with Crippen LogP contribution in [0.15, 0.2) is 0 Å². The van der Waals surface area contributed by atoms with E-state index in [4.69, 9.17) is 15.1 Å². The van der Waals surface area contributed by atoms with Crippen LogP contribution in [0.2, 0.25) is 0 Å². The molecule has 1 aliphatic rings. The maximum atomic E-state index is 12.7. The predicted octanol–water partition coefficient (Wildman–Crippen LogP) is 0.136. The Bertz CT molecular complexity index is 516. The lowest BCUT2D eigenvalue weighted by molar-refractivity contribution is -0.143. The SMILES string of the molecule is COCCN(CCC#N)S(=O)(=O)N1CC(C)CC(C(=O)O)C1. The fraction of sp³-hybridized carbons (Fsp3) is 0.846. The molecule has 2 atom stereocenters. The number of rotatable bonds is 8. The van der Waals surface area contributed by atoms with Crippen molar-refractivity contribution in [1.29, 1.82) is 5.26 Å². The van der Waals surface area contributed by atoms with Gasteiger partial charge in [0.05, 0.1) is 18.6 Å². The van der Waals surface area contributed by atoms with E-state index in [1.165, 1.54) is 15.7 Å². The van der Waals surface area contributed by atoms with Gasteiger partial charge in [-0.3, -0.25) is 4.79 Å². The van der Waals surface area contributed by atoms with Crippen LogP contribution in [0.25, 0.3) is 0 Å². The maximum Gasteiger partial charge on any atom is 0.307 e. The summed E-state index contributed by atoms with van der Waals surface area (Å²) in [5, 5.41) is 17.8. The second-order valence-corrected chi connectivity index (χ2v) is 7.43. The molecule has 126 valence electrons. The minimum Gasteiger partial charge on any atom is -0.481 e. The summed E-state index contributed by atoms with van der Waals surface area (Å²) in [5.74, 6) is -1.70. The molecule has 0 aromatic carbocycles. The highest BCUT2D eigenvalue weighted by Crippen LogP contribution is 2.25. The summed E-state index contributed by atoms with van der Waals surface area (Å²) in [4.78, 5) is 11.2. The second-order valence-electron chi connectivity index (χ2n) is 5.50. The Labute approximate surface area is 131 Å². The van der Waals surface area contributed by atoms with Crippen LogP contribution in [0, 0.1) is 23.2 Å². The van der Waals surface area contributed by atoms with Crippen molar-refractivity contribution in [3.8, 4) is 6.07 Å². The van der Waals surface area contributed by atoms with Gasteiger partial charge in [0.1, 0.15) is 0 Å². The van der Waals surface area contributed by atoms with E-state index in [2.05, 4.69) is 0 Å². The van der Waals surface area contributed by atoms with E-state index in [0.29, 0.717) is 13.0 Å². The molecule has 0 radical (unpaired) electrons. The minimum atomic E-state index is -3.80. The van der Waals surface area contributed by atoms with Crippen molar-refractivity contribution in [3.05, 3.63) is 0 Å². The van der Waals surface area contributed by atoms with Crippen molar-refractivity contribution in [2.24, 2.45) is 11.8 Å². The van der Waals surface area contributed by atoms with Gasteiger partial charge in [-0.05, 0) is 12.3 Å². The minimum absolute atomic E-state index is 0.0233. The molecule has 1 rings (SSSR count). The van der Waals surface area contributed by atoms with E-state index in [1.54, 1.807) is 0 Å². The Morgan fingerprint density at radius 2 is 2.14 bits per heavy atom. The molecule has 2 unspecified atom stereocenters. The molecule has 0 aliphatic carbocycles. The molecule has 22 heavy (non-hydrogen) atoms. The number of hydrogen-bond donors (Lipinski definition) is 1. The molecule has 1 N–H and O–H groups in total. The molecule has 0 amide bonds. The third-order valence-electron chi connectivity index (χ3n) is 3.65. The number of hydrogen-bond acceptors (Lipinski definition) is 5. The topological polar surface area (TPSA) is 111 Å². The summed E-state index contributed by atoms with van der Waals surface area (Å²) < 4.78 is 32.7. The van der Waals surface area contributed by atoms with Gasteiger partial charge in [-0.25, -0.2) is 0 Å². The monoisotopic (exact) mass is 333 g/mol. The number of carbonyl (C=O) groups is 1. The summed E-state index contributed by atoms with van der Waals surface area (Å²) >= 11 is 0. The number of piperidine rings is 1. The van der Waals surface area contributed by atoms with Crippen LogP contribution in [-0.4, -0.2) is 68.0 Å². The smallest absolute Gasteiger partial charge is 0.307 e. The highest BCUT2D eigenvalue weighted by Gasteiger charge is 2.38. The number of nitriles is 1. The molecular weight excluding hydrogens is 310 g/mol. The Hall–Kier alpha value is -1.21. The van der Waals surface area contributed by atoms with E-state index in [-0.39, 0.29) is 38.6 Å². The van der Waals surface area contributed by atoms with Gasteiger partial charge in [0.25, 0.3) is 10.2 Å². The Morgan fingerprint density at radius 1 is 1.45 bits per heavy atom. The highest BCUT2D eigenvalue weighted by molar-refractivity contribution is 7.86. The van der Waals surface area contributed by atoms with E-state index in [1.807, 2.05) is 13.0 Å². The van der Waals surface area contributed by atoms with Crippen molar-refractivity contribution >= 4 is 16.2 Å². The summed E-state index contributed by atoms with van der Waals surface area (Å²) in [6.45, 7) is 2.54. The van der Waals surface area contributed by atoms with Crippen LogP contribution >= 0.6 is 0 Å². The number of ether oxygens (including phenoxy) is 1. The van der Waals surface area contributed by atoms with Crippen LogP contribution in [0.1, 0.15) is 19.8 Å². The molecule has 0 aromatic rings. The van der Waals surface area contributed by atoms with Crippen LogP contribution in [0.4, 0.5) is 0 Å². The number of nitrogens with zero attached hydrogens (tertiary/aromatic N) is 3. The summed E-state index contributed by atoms with van der Waals surface area (Å²) in [6, 6.07) is 1.93. The van der Waals surface area contributed by atoms with Crippen molar-refractivity contribution in [3.63, 3.8) is 0 Å². The molecule has 0 bridgehead atoms. The maximum absolute atomic E-state index is 12.7. The molecule has 9 heteroatoms. The third kappa shape index (κ3) is 4.91. The number of carboxylic acids is 1. The van der Waals surface area contributed by atoms with Crippen LogP contribution in [0.5, 0.6) is 0 Å². The molecule has 1 aliphatic heterocycles. The average Bonchev–Trinajstić information content (AvgIpc) is 2.46. The summed E-state index contributed by atoms with van der Waals surface area (Å²) in [6.07, 6.45) is 0.548. The van der Waals surface area contributed by atoms with Gasteiger partial charge in [-0.1, -0.05) is 6.92 Å². The van der Waals surface area contributed by atoms with Crippen molar-refractivity contribution < 1.29 is 23.1 Å². The van der Waals surface area contributed by atoms with Gasteiger partial charge in [-0.2, -0.15) is 22.3 Å². The molecular formula is C13H23N3O5S. The van der Waals surface area contributed by atoms with E-state index < -0.39 is 22.1 Å². The van der Waals surface area contributed by atoms with Crippen LogP contribution < -0.4 is 0 Å². The Balaban J connectivity index is 2.91. The second kappa shape index (κ2) is 8.43. The van der Waals surface area contributed by atoms with Gasteiger partial charge in [0, 0.05) is 39.7 Å². The van der Waals surface area contributed by atoms with Crippen molar-refractivity contribution in [2.45, 2.75) is 19.8 Å². The zero-order valence-corrected chi connectivity index (χ0v) is 13.8. The van der Waals surface area contributed by atoms with Crippen molar-refractivity contribution in [1.82, 2.24) is 8.61 Å². The fourth-order valence-electron chi connectivity index (χ4n) is 2.54. The van der Waals surface area contributed by atoms with Gasteiger partial charge in [-0.15, -0.1) is 0 Å². The third-order valence-corrected chi connectivity index (χ3v) is 5.61. The number of methoxy groups -OCH3 is 1. The predicted molar refractivity (Wildman–Crippen MR) is 79.1 cm³/mol.